The highest BCUT2D eigenvalue weighted by atomic mass is 16.5. The van der Waals surface area contributed by atoms with Crippen LogP contribution in [0.4, 0.5) is 0 Å². The fourth-order valence-corrected chi connectivity index (χ4v) is 2.77. The Kier molecular flexibility index (Phi) is 6.21. The van der Waals surface area contributed by atoms with Gasteiger partial charge in [0.2, 0.25) is 0 Å². The van der Waals surface area contributed by atoms with E-state index in [2.05, 4.69) is 11.4 Å². The number of likely N-dealkylation sites (N-methyl/N-ethyl adjacent to an activating group) is 1. The van der Waals surface area contributed by atoms with Gasteiger partial charge in [-0.15, -0.1) is 0 Å². The number of carbonyl (C=O) groups is 1. The van der Waals surface area contributed by atoms with Gasteiger partial charge in [0.05, 0.1) is 6.61 Å². The number of nitrogens with zero attached hydrogens (tertiary/aromatic N) is 1. The van der Waals surface area contributed by atoms with Gasteiger partial charge in [0.15, 0.2) is 0 Å². The minimum Gasteiger partial charge on any atom is -0.381 e. The van der Waals surface area contributed by atoms with Crippen LogP contribution >= 0.6 is 0 Å². The molecule has 2 rings (SSSR count). The Labute approximate surface area is 127 Å². The van der Waals surface area contributed by atoms with Gasteiger partial charge in [0.1, 0.15) is 0 Å². The first-order chi connectivity index (χ1) is 10.3. The molecule has 116 valence electrons. The zero-order chi connectivity index (χ0) is 15.1. The zero-order valence-corrected chi connectivity index (χ0v) is 13.1. The zero-order valence-electron chi connectivity index (χ0n) is 13.1. The smallest absolute Gasteiger partial charge is 0.254 e. The van der Waals surface area contributed by atoms with Crippen molar-refractivity contribution >= 4 is 5.91 Å². The highest BCUT2D eigenvalue weighted by Gasteiger charge is 2.23. The summed E-state index contributed by atoms with van der Waals surface area (Å²) >= 11 is 0. The standard InChI is InChI=1S/C17H26N2O2/c1-3-19(12-14-9-11-21-13-14)17(20)16-7-5-4-6-15(16)8-10-18-2/h4-7,14,18H,3,8-13H2,1-2H3. The number of carbonyl (C=O) groups excluding carboxylic acids is 1. The molecule has 0 aromatic heterocycles. The minimum absolute atomic E-state index is 0.149. The third kappa shape index (κ3) is 4.29. The van der Waals surface area contributed by atoms with E-state index >= 15 is 0 Å². The maximum absolute atomic E-state index is 12.8. The van der Waals surface area contributed by atoms with Crippen LogP contribution in [0.3, 0.4) is 0 Å². The predicted molar refractivity (Wildman–Crippen MR) is 84.6 cm³/mol. The van der Waals surface area contributed by atoms with Crippen molar-refractivity contribution in [1.29, 1.82) is 0 Å². The molecule has 1 N–H and O–H groups in total. The number of benzene rings is 1. The summed E-state index contributed by atoms with van der Waals surface area (Å²) in [7, 11) is 1.93. The Morgan fingerprint density at radius 1 is 1.43 bits per heavy atom. The molecule has 1 atom stereocenters. The first kappa shape index (κ1) is 16.0. The molecule has 0 radical (unpaired) electrons. The lowest BCUT2D eigenvalue weighted by Gasteiger charge is -2.25. The fraction of sp³-hybridized carbons (Fsp3) is 0.588. The van der Waals surface area contributed by atoms with Gasteiger partial charge in [-0.05, 0) is 45.0 Å². The van der Waals surface area contributed by atoms with E-state index in [1.807, 2.05) is 37.1 Å². The average molecular weight is 290 g/mol. The summed E-state index contributed by atoms with van der Waals surface area (Å²) in [6.07, 6.45) is 1.94. The van der Waals surface area contributed by atoms with Crippen LogP contribution in [-0.2, 0) is 11.2 Å². The molecule has 1 fully saturated rings. The number of hydrogen-bond acceptors (Lipinski definition) is 3. The van der Waals surface area contributed by atoms with Gasteiger partial charge in [-0.25, -0.2) is 0 Å². The fourth-order valence-electron chi connectivity index (χ4n) is 2.77. The Hall–Kier alpha value is -1.39. The molecule has 21 heavy (non-hydrogen) atoms. The quantitative estimate of drug-likeness (QED) is 0.834. The van der Waals surface area contributed by atoms with Gasteiger partial charge in [-0.3, -0.25) is 4.79 Å². The number of ether oxygens (including phenoxy) is 1. The second-order valence-electron chi connectivity index (χ2n) is 5.58. The molecule has 4 nitrogen and oxygen atoms in total. The van der Waals surface area contributed by atoms with Gasteiger partial charge in [-0.1, -0.05) is 18.2 Å². The van der Waals surface area contributed by atoms with E-state index < -0.39 is 0 Å². The third-order valence-corrected chi connectivity index (χ3v) is 4.06. The van der Waals surface area contributed by atoms with Crippen molar-refractivity contribution in [2.45, 2.75) is 19.8 Å². The average Bonchev–Trinajstić information content (AvgIpc) is 3.03. The van der Waals surface area contributed by atoms with Crippen molar-refractivity contribution in [3.05, 3.63) is 35.4 Å². The van der Waals surface area contributed by atoms with E-state index in [0.29, 0.717) is 5.92 Å². The van der Waals surface area contributed by atoms with Gasteiger partial charge >= 0.3 is 0 Å². The van der Waals surface area contributed by atoms with Gasteiger partial charge in [-0.2, -0.15) is 0 Å². The molecular weight excluding hydrogens is 264 g/mol. The molecule has 4 heteroatoms. The van der Waals surface area contributed by atoms with Crippen LogP contribution < -0.4 is 5.32 Å². The molecule has 1 heterocycles. The molecule has 0 spiro atoms. The molecule has 1 amide bonds. The maximum atomic E-state index is 12.8. The Morgan fingerprint density at radius 3 is 2.90 bits per heavy atom. The molecule has 1 saturated heterocycles. The van der Waals surface area contributed by atoms with Crippen LogP contribution in [-0.4, -0.2) is 50.7 Å². The first-order valence-corrected chi connectivity index (χ1v) is 7.85. The van der Waals surface area contributed by atoms with Crippen molar-refractivity contribution in [1.82, 2.24) is 10.2 Å². The molecule has 1 unspecified atom stereocenters. The lowest BCUT2D eigenvalue weighted by molar-refractivity contribution is 0.0729. The Morgan fingerprint density at radius 2 is 2.24 bits per heavy atom. The van der Waals surface area contributed by atoms with Crippen LogP contribution in [0.1, 0.15) is 29.3 Å². The minimum atomic E-state index is 0.149. The van der Waals surface area contributed by atoms with Crippen molar-refractivity contribution in [2.75, 3.05) is 39.9 Å². The van der Waals surface area contributed by atoms with E-state index in [4.69, 9.17) is 4.74 Å². The number of amides is 1. The van der Waals surface area contributed by atoms with Gasteiger partial charge in [0.25, 0.3) is 5.91 Å². The third-order valence-electron chi connectivity index (χ3n) is 4.06. The van der Waals surface area contributed by atoms with Crippen LogP contribution in [0.2, 0.25) is 0 Å². The molecule has 0 saturated carbocycles. The van der Waals surface area contributed by atoms with Crippen molar-refractivity contribution < 1.29 is 9.53 Å². The second kappa shape index (κ2) is 8.15. The number of rotatable bonds is 7. The van der Waals surface area contributed by atoms with E-state index in [0.717, 1.165) is 56.8 Å². The number of nitrogens with one attached hydrogen (secondary N) is 1. The van der Waals surface area contributed by atoms with Crippen molar-refractivity contribution in [2.24, 2.45) is 5.92 Å². The van der Waals surface area contributed by atoms with Crippen molar-refractivity contribution in [3.63, 3.8) is 0 Å². The maximum Gasteiger partial charge on any atom is 0.254 e. The highest BCUT2D eigenvalue weighted by Crippen LogP contribution is 2.17. The van der Waals surface area contributed by atoms with Gasteiger partial charge in [0, 0.05) is 31.2 Å². The van der Waals surface area contributed by atoms with E-state index in [1.54, 1.807) is 0 Å². The molecule has 1 aliphatic heterocycles. The van der Waals surface area contributed by atoms with E-state index in [1.165, 1.54) is 0 Å². The number of hydrogen-bond donors (Lipinski definition) is 1. The van der Waals surface area contributed by atoms with E-state index in [-0.39, 0.29) is 5.91 Å². The van der Waals surface area contributed by atoms with Crippen LogP contribution in [0.5, 0.6) is 0 Å². The lowest BCUT2D eigenvalue weighted by atomic mass is 10.0. The molecule has 0 bridgehead atoms. The Bertz CT molecular complexity index is 456. The monoisotopic (exact) mass is 290 g/mol. The van der Waals surface area contributed by atoms with Crippen LogP contribution in [0.15, 0.2) is 24.3 Å². The summed E-state index contributed by atoms with van der Waals surface area (Å²) in [4.78, 5) is 14.8. The molecule has 1 aromatic carbocycles. The molecule has 1 aliphatic rings. The summed E-state index contributed by atoms with van der Waals surface area (Å²) in [5, 5.41) is 3.14. The van der Waals surface area contributed by atoms with Crippen LogP contribution in [0.25, 0.3) is 0 Å². The molecule has 0 aliphatic carbocycles. The highest BCUT2D eigenvalue weighted by molar-refractivity contribution is 5.95. The van der Waals surface area contributed by atoms with E-state index in [9.17, 15) is 4.79 Å². The van der Waals surface area contributed by atoms with Gasteiger partial charge < -0.3 is 15.0 Å². The lowest BCUT2D eigenvalue weighted by Crippen LogP contribution is -2.36. The largest absolute Gasteiger partial charge is 0.381 e. The normalized spacial score (nSPS) is 17.9. The summed E-state index contributed by atoms with van der Waals surface area (Å²) < 4.78 is 5.42. The summed E-state index contributed by atoms with van der Waals surface area (Å²) in [5.41, 5.74) is 1.96. The summed E-state index contributed by atoms with van der Waals surface area (Å²) in [6, 6.07) is 7.95. The summed E-state index contributed by atoms with van der Waals surface area (Å²) in [6.45, 7) is 6.09. The SMILES string of the molecule is CCN(CC1CCOC1)C(=O)c1ccccc1CCNC. The van der Waals surface area contributed by atoms with Crippen LogP contribution in [0, 0.1) is 5.92 Å². The Balaban J connectivity index is 2.08. The second-order valence-corrected chi connectivity index (χ2v) is 5.58. The van der Waals surface area contributed by atoms with Crippen molar-refractivity contribution in [3.8, 4) is 0 Å². The molecule has 1 aromatic rings. The summed E-state index contributed by atoms with van der Waals surface area (Å²) in [5.74, 6) is 0.634. The molecular formula is C17H26N2O2. The predicted octanol–water partition coefficient (Wildman–Crippen LogP) is 1.95. The first-order valence-electron chi connectivity index (χ1n) is 7.85. The topological polar surface area (TPSA) is 41.6 Å².